The average Bonchev–Trinajstić information content (AvgIpc) is 2.36. The highest BCUT2D eigenvalue weighted by atomic mass is 16.5. The van der Waals surface area contributed by atoms with Gasteiger partial charge in [-0.2, -0.15) is 0 Å². The summed E-state index contributed by atoms with van der Waals surface area (Å²) < 4.78 is 5.61. The standard InChI is InChI=1S/C14H23NO2/c1-3-10-17-13-7-5-6-12(11-13)14(8-9-16)15-4-2/h5-7,11,14-16H,3-4,8-10H2,1-2H3. The van der Waals surface area contributed by atoms with Crippen LogP contribution >= 0.6 is 0 Å². The van der Waals surface area contributed by atoms with Gasteiger partial charge >= 0.3 is 0 Å². The maximum Gasteiger partial charge on any atom is 0.119 e. The minimum Gasteiger partial charge on any atom is -0.494 e. The summed E-state index contributed by atoms with van der Waals surface area (Å²) in [6, 6.07) is 8.30. The lowest BCUT2D eigenvalue weighted by molar-refractivity contribution is 0.266. The first-order valence-electron chi connectivity index (χ1n) is 6.38. The van der Waals surface area contributed by atoms with Crippen LogP contribution in [0.4, 0.5) is 0 Å². The van der Waals surface area contributed by atoms with Gasteiger partial charge in [-0.05, 0) is 37.1 Å². The van der Waals surface area contributed by atoms with E-state index in [1.807, 2.05) is 12.1 Å². The lowest BCUT2D eigenvalue weighted by Gasteiger charge is -2.18. The monoisotopic (exact) mass is 237 g/mol. The van der Waals surface area contributed by atoms with Crippen molar-refractivity contribution in [3.63, 3.8) is 0 Å². The van der Waals surface area contributed by atoms with E-state index >= 15 is 0 Å². The molecule has 0 radical (unpaired) electrons. The molecule has 0 fully saturated rings. The smallest absolute Gasteiger partial charge is 0.119 e. The fourth-order valence-electron chi connectivity index (χ4n) is 1.80. The van der Waals surface area contributed by atoms with E-state index < -0.39 is 0 Å². The van der Waals surface area contributed by atoms with Crippen molar-refractivity contribution < 1.29 is 9.84 Å². The molecular formula is C14H23NO2. The Hall–Kier alpha value is -1.06. The van der Waals surface area contributed by atoms with Crippen LogP contribution in [0, 0.1) is 0 Å². The predicted molar refractivity (Wildman–Crippen MR) is 70.3 cm³/mol. The van der Waals surface area contributed by atoms with E-state index in [1.54, 1.807) is 0 Å². The molecule has 0 amide bonds. The van der Waals surface area contributed by atoms with Crippen molar-refractivity contribution in [2.24, 2.45) is 0 Å². The third-order valence-electron chi connectivity index (χ3n) is 2.60. The fraction of sp³-hybridized carbons (Fsp3) is 0.571. The fourth-order valence-corrected chi connectivity index (χ4v) is 1.80. The molecule has 0 aromatic heterocycles. The zero-order valence-electron chi connectivity index (χ0n) is 10.8. The SMILES string of the molecule is CCCOc1cccc(C(CCO)NCC)c1. The Balaban J connectivity index is 2.72. The predicted octanol–water partition coefficient (Wildman–Crippen LogP) is 2.51. The first-order valence-corrected chi connectivity index (χ1v) is 6.38. The Kier molecular flexibility index (Phi) is 6.67. The van der Waals surface area contributed by atoms with E-state index in [0.717, 1.165) is 31.7 Å². The van der Waals surface area contributed by atoms with Gasteiger partial charge in [0.2, 0.25) is 0 Å². The van der Waals surface area contributed by atoms with Crippen LogP contribution in [0.15, 0.2) is 24.3 Å². The minimum atomic E-state index is 0.192. The number of rotatable bonds is 8. The summed E-state index contributed by atoms with van der Waals surface area (Å²) in [5, 5.41) is 12.4. The van der Waals surface area contributed by atoms with Gasteiger partial charge in [0.25, 0.3) is 0 Å². The van der Waals surface area contributed by atoms with Crippen LogP contribution in [0.5, 0.6) is 5.75 Å². The van der Waals surface area contributed by atoms with Crippen molar-refractivity contribution in [2.75, 3.05) is 19.8 Å². The summed E-state index contributed by atoms with van der Waals surface area (Å²) in [6.07, 6.45) is 1.74. The number of nitrogens with one attached hydrogen (secondary N) is 1. The van der Waals surface area contributed by atoms with E-state index in [9.17, 15) is 0 Å². The average molecular weight is 237 g/mol. The third-order valence-corrected chi connectivity index (χ3v) is 2.60. The van der Waals surface area contributed by atoms with E-state index in [0.29, 0.717) is 0 Å². The van der Waals surface area contributed by atoms with Crippen LogP contribution in [-0.2, 0) is 0 Å². The summed E-state index contributed by atoms with van der Waals surface area (Å²) in [5.74, 6) is 0.908. The Morgan fingerprint density at radius 3 is 2.82 bits per heavy atom. The maximum atomic E-state index is 9.06. The molecule has 3 nitrogen and oxygen atoms in total. The van der Waals surface area contributed by atoms with Crippen LogP contribution < -0.4 is 10.1 Å². The Morgan fingerprint density at radius 1 is 1.35 bits per heavy atom. The normalized spacial score (nSPS) is 12.4. The third kappa shape index (κ3) is 4.75. The van der Waals surface area contributed by atoms with Crippen molar-refractivity contribution >= 4 is 0 Å². The van der Waals surface area contributed by atoms with E-state index in [-0.39, 0.29) is 12.6 Å². The molecule has 2 N–H and O–H groups in total. The number of benzene rings is 1. The lowest BCUT2D eigenvalue weighted by atomic mass is 10.0. The van der Waals surface area contributed by atoms with Gasteiger partial charge in [-0.3, -0.25) is 0 Å². The molecule has 0 bridgehead atoms. The van der Waals surface area contributed by atoms with Crippen LogP contribution in [-0.4, -0.2) is 24.9 Å². The molecule has 1 aromatic rings. The highest BCUT2D eigenvalue weighted by molar-refractivity contribution is 5.30. The lowest BCUT2D eigenvalue weighted by Crippen LogP contribution is -2.21. The van der Waals surface area contributed by atoms with Gasteiger partial charge in [0, 0.05) is 12.6 Å². The number of hydrogen-bond donors (Lipinski definition) is 2. The Labute approximate surface area is 104 Å². The van der Waals surface area contributed by atoms with Crippen molar-refractivity contribution in [1.29, 1.82) is 0 Å². The number of hydrogen-bond acceptors (Lipinski definition) is 3. The van der Waals surface area contributed by atoms with Gasteiger partial charge < -0.3 is 15.2 Å². The highest BCUT2D eigenvalue weighted by Gasteiger charge is 2.10. The van der Waals surface area contributed by atoms with Crippen molar-refractivity contribution in [1.82, 2.24) is 5.32 Å². The molecular weight excluding hydrogens is 214 g/mol. The molecule has 0 aliphatic carbocycles. The highest BCUT2D eigenvalue weighted by Crippen LogP contribution is 2.21. The summed E-state index contributed by atoms with van der Waals surface area (Å²) >= 11 is 0. The van der Waals surface area contributed by atoms with Crippen LogP contribution in [0.2, 0.25) is 0 Å². The van der Waals surface area contributed by atoms with Crippen molar-refractivity contribution in [2.45, 2.75) is 32.7 Å². The van der Waals surface area contributed by atoms with Gasteiger partial charge in [-0.15, -0.1) is 0 Å². The Bertz CT molecular complexity index is 309. The molecule has 0 saturated carbocycles. The second kappa shape index (κ2) is 8.09. The minimum absolute atomic E-state index is 0.192. The van der Waals surface area contributed by atoms with Crippen LogP contribution in [0.25, 0.3) is 0 Å². The topological polar surface area (TPSA) is 41.5 Å². The summed E-state index contributed by atoms with van der Waals surface area (Å²) in [7, 11) is 0. The molecule has 0 spiro atoms. The number of aliphatic hydroxyl groups excluding tert-OH is 1. The first kappa shape index (κ1) is 14.0. The van der Waals surface area contributed by atoms with Gasteiger partial charge in [0.15, 0.2) is 0 Å². The molecule has 0 heterocycles. The quantitative estimate of drug-likeness (QED) is 0.730. The number of ether oxygens (including phenoxy) is 1. The first-order chi connectivity index (χ1) is 8.31. The molecule has 17 heavy (non-hydrogen) atoms. The van der Waals surface area contributed by atoms with E-state index in [1.165, 1.54) is 5.56 Å². The van der Waals surface area contributed by atoms with Gasteiger partial charge in [-0.1, -0.05) is 26.0 Å². The molecule has 0 saturated heterocycles. The van der Waals surface area contributed by atoms with Gasteiger partial charge in [0.1, 0.15) is 5.75 Å². The molecule has 1 atom stereocenters. The molecule has 96 valence electrons. The van der Waals surface area contributed by atoms with Crippen molar-refractivity contribution in [3.8, 4) is 5.75 Å². The summed E-state index contributed by atoms with van der Waals surface area (Å²) in [5.41, 5.74) is 1.18. The largest absolute Gasteiger partial charge is 0.494 e. The Morgan fingerprint density at radius 2 is 2.18 bits per heavy atom. The number of aliphatic hydroxyl groups is 1. The molecule has 3 heteroatoms. The van der Waals surface area contributed by atoms with Gasteiger partial charge in [0.05, 0.1) is 6.61 Å². The summed E-state index contributed by atoms with van der Waals surface area (Å²) in [6.45, 7) is 6.00. The van der Waals surface area contributed by atoms with Gasteiger partial charge in [-0.25, -0.2) is 0 Å². The molecule has 1 aromatic carbocycles. The molecule has 0 aliphatic rings. The molecule has 0 aliphatic heterocycles. The molecule has 1 rings (SSSR count). The van der Waals surface area contributed by atoms with Crippen LogP contribution in [0.1, 0.15) is 38.3 Å². The maximum absolute atomic E-state index is 9.06. The second-order valence-electron chi connectivity index (χ2n) is 4.04. The van der Waals surface area contributed by atoms with Crippen LogP contribution in [0.3, 0.4) is 0 Å². The van der Waals surface area contributed by atoms with E-state index in [4.69, 9.17) is 9.84 Å². The molecule has 1 unspecified atom stereocenters. The zero-order chi connectivity index (χ0) is 12.5. The summed E-state index contributed by atoms with van der Waals surface area (Å²) in [4.78, 5) is 0. The zero-order valence-corrected chi connectivity index (χ0v) is 10.8. The van der Waals surface area contributed by atoms with Crippen molar-refractivity contribution in [3.05, 3.63) is 29.8 Å². The second-order valence-corrected chi connectivity index (χ2v) is 4.04. The van der Waals surface area contributed by atoms with E-state index in [2.05, 4.69) is 31.3 Å².